The first-order chi connectivity index (χ1) is 13.2. The minimum Gasteiger partial charge on any atom is -0.383 e. The normalized spacial score (nSPS) is 13.7. The summed E-state index contributed by atoms with van der Waals surface area (Å²) < 4.78 is 1.88. The Kier molecular flexibility index (Phi) is 3.77. The molecule has 4 heterocycles. The molecule has 0 aliphatic carbocycles. The van der Waals surface area contributed by atoms with Crippen LogP contribution in [0.5, 0.6) is 0 Å². The molecular weight excluding hydrogens is 336 g/mol. The Labute approximate surface area is 157 Å². The summed E-state index contributed by atoms with van der Waals surface area (Å²) in [6.07, 6.45) is 5.74. The molecule has 6 heteroatoms. The van der Waals surface area contributed by atoms with E-state index in [-0.39, 0.29) is 0 Å². The monoisotopic (exact) mass is 358 g/mol. The summed E-state index contributed by atoms with van der Waals surface area (Å²) in [7, 11) is 0. The molecule has 136 valence electrons. The molecule has 0 amide bonds. The zero-order chi connectivity index (χ0) is 18.4. The van der Waals surface area contributed by atoms with Gasteiger partial charge in [0.25, 0.3) is 0 Å². The zero-order valence-electron chi connectivity index (χ0n) is 15.7. The molecule has 5 rings (SSSR count). The van der Waals surface area contributed by atoms with E-state index in [2.05, 4.69) is 44.6 Å². The molecule has 0 radical (unpaired) electrons. The molecule has 0 saturated carbocycles. The van der Waals surface area contributed by atoms with Gasteiger partial charge in [-0.3, -0.25) is 9.97 Å². The van der Waals surface area contributed by atoms with E-state index in [0.717, 1.165) is 59.9 Å². The molecule has 0 bridgehead atoms. The standard InChI is InChI=1S/C21H22N6/c1-13-12-23-14(2)21-25-18(26-27(13)21)10-9-17-8-7-16-6-5-15-4-3-11-22-19(15)20(16)24-17/h5-8,12,22H,3-4,9-11H2,1-2H3. The molecule has 1 N–H and O–H groups in total. The molecule has 4 aromatic rings. The van der Waals surface area contributed by atoms with E-state index in [1.807, 2.05) is 24.6 Å². The molecule has 0 spiro atoms. The second-order valence-corrected chi connectivity index (χ2v) is 7.25. The minimum atomic E-state index is 0.765. The van der Waals surface area contributed by atoms with Crippen molar-refractivity contribution in [2.75, 3.05) is 11.9 Å². The van der Waals surface area contributed by atoms with Crippen molar-refractivity contribution >= 4 is 22.2 Å². The van der Waals surface area contributed by atoms with Gasteiger partial charge in [0.1, 0.15) is 0 Å². The van der Waals surface area contributed by atoms with Gasteiger partial charge in [-0.2, -0.15) is 5.10 Å². The Morgan fingerprint density at radius 1 is 1.07 bits per heavy atom. The first-order valence-corrected chi connectivity index (χ1v) is 9.52. The fourth-order valence-corrected chi connectivity index (χ4v) is 3.79. The van der Waals surface area contributed by atoms with Crippen molar-refractivity contribution < 1.29 is 0 Å². The maximum Gasteiger partial charge on any atom is 0.177 e. The summed E-state index contributed by atoms with van der Waals surface area (Å²) in [4.78, 5) is 14.0. The number of hydrogen-bond acceptors (Lipinski definition) is 5. The van der Waals surface area contributed by atoms with Crippen LogP contribution in [0.15, 0.2) is 30.5 Å². The maximum atomic E-state index is 4.96. The Hall–Kier alpha value is -3.02. The third-order valence-corrected chi connectivity index (χ3v) is 5.29. The number of nitrogens with zero attached hydrogens (tertiary/aromatic N) is 5. The smallest absolute Gasteiger partial charge is 0.177 e. The minimum absolute atomic E-state index is 0.765. The number of hydrogen-bond donors (Lipinski definition) is 1. The van der Waals surface area contributed by atoms with Crippen LogP contribution < -0.4 is 5.32 Å². The molecule has 0 fully saturated rings. The van der Waals surface area contributed by atoms with Crippen molar-refractivity contribution in [3.63, 3.8) is 0 Å². The molecule has 1 aliphatic rings. The fraction of sp³-hybridized carbons (Fsp3) is 0.333. The molecule has 0 atom stereocenters. The highest BCUT2D eigenvalue weighted by Crippen LogP contribution is 2.30. The highest BCUT2D eigenvalue weighted by atomic mass is 15.3. The maximum absolute atomic E-state index is 4.96. The summed E-state index contributed by atoms with van der Waals surface area (Å²) in [5.41, 5.74) is 7.49. The number of fused-ring (bicyclic) bond motifs is 4. The van der Waals surface area contributed by atoms with Crippen molar-refractivity contribution in [1.82, 2.24) is 24.6 Å². The van der Waals surface area contributed by atoms with Crippen LogP contribution in [0.2, 0.25) is 0 Å². The lowest BCUT2D eigenvalue weighted by molar-refractivity contribution is 0.807. The number of benzene rings is 1. The lowest BCUT2D eigenvalue weighted by Gasteiger charge is -2.19. The largest absolute Gasteiger partial charge is 0.383 e. The van der Waals surface area contributed by atoms with Crippen LogP contribution >= 0.6 is 0 Å². The van der Waals surface area contributed by atoms with Crippen molar-refractivity contribution in [2.24, 2.45) is 0 Å². The van der Waals surface area contributed by atoms with Gasteiger partial charge in [0, 0.05) is 30.2 Å². The topological polar surface area (TPSA) is 68.0 Å². The van der Waals surface area contributed by atoms with E-state index in [1.165, 1.54) is 23.1 Å². The molecule has 1 aliphatic heterocycles. The van der Waals surface area contributed by atoms with Gasteiger partial charge in [-0.15, -0.1) is 0 Å². The second kappa shape index (κ2) is 6.30. The number of aryl methyl sites for hydroxylation is 5. The van der Waals surface area contributed by atoms with Crippen LogP contribution in [0.3, 0.4) is 0 Å². The van der Waals surface area contributed by atoms with E-state index < -0.39 is 0 Å². The summed E-state index contributed by atoms with van der Waals surface area (Å²) in [5.74, 6) is 0.837. The number of rotatable bonds is 3. The summed E-state index contributed by atoms with van der Waals surface area (Å²) in [6, 6.07) is 8.69. The van der Waals surface area contributed by atoms with Crippen LogP contribution in [0.4, 0.5) is 5.69 Å². The van der Waals surface area contributed by atoms with Gasteiger partial charge in [-0.1, -0.05) is 18.2 Å². The van der Waals surface area contributed by atoms with Crippen molar-refractivity contribution in [3.05, 3.63) is 58.9 Å². The van der Waals surface area contributed by atoms with Crippen molar-refractivity contribution in [1.29, 1.82) is 0 Å². The highest BCUT2D eigenvalue weighted by molar-refractivity contribution is 5.92. The fourth-order valence-electron chi connectivity index (χ4n) is 3.79. The van der Waals surface area contributed by atoms with Gasteiger partial charge in [0.2, 0.25) is 0 Å². The highest BCUT2D eigenvalue weighted by Gasteiger charge is 2.14. The molecular formula is C21H22N6. The van der Waals surface area contributed by atoms with Gasteiger partial charge < -0.3 is 5.32 Å². The van der Waals surface area contributed by atoms with Gasteiger partial charge in [-0.25, -0.2) is 9.50 Å². The molecule has 3 aromatic heterocycles. The quantitative estimate of drug-likeness (QED) is 0.608. The SMILES string of the molecule is Cc1ncc(C)n2nc(CCc3ccc4ccc5c(c4n3)NCCC5)nc12. The van der Waals surface area contributed by atoms with E-state index in [9.17, 15) is 0 Å². The second-order valence-electron chi connectivity index (χ2n) is 7.25. The number of nitrogens with one attached hydrogen (secondary N) is 1. The Morgan fingerprint density at radius 2 is 1.96 bits per heavy atom. The summed E-state index contributed by atoms with van der Waals surface area (Å²) in [5, 5.41) is 9.38. The molecule has 0 unspecified atom stereocenters. The van der Waals surface area contributed by atoms with Crippen LogP contribution in [0.25, 0.3) is 16.6 Å². The number of aromatic nitrogens is 5. The molecule has 6 nitrogen and oxygen atoms in total. The Bertz CT molecular complexity index is 1120. The molecule has 1 aromatic carbocycles. The Morgan fingerprint density at radius 3 is 2.85 bits per heavy atom. The van der Waals surface area contributed by atoms with E-state index in [0.29, 0.717) is 0 Å². The third-order valence-electron chi connectivity index (χ3n) is 5.29. The van der Waals surface area contributed by atoms with E-state index in [1.54, 1.807) is 0 Å². The van der Waals surface area contributed by atoms with Crippen molar-refractivity contribution in [2.45, 2.75) is 39.5 Å². The Balaban J connectivity index is 1.45. The summed E-state index contributed by atoms with van der Waals surface area (Å²) in [6.45, 7) is 4.99. The average molecular weight is 358 g/mol. The molecule has 0 saturated heterocycles. The predicted molar refractivity (Wildman–Crippen MR) is 106 cm³/mol. The number of pyridine rings is 1. The lowest BCUT2D eigenvalue weighted by atomic mass is 10.0. The predicted octanol–water partition coefficient (Wildman–Crippen LogP) is 3.43. The van der Waals surface area contributed by atoms with Gasteiger partial charge in [0.15, 0.2) is 11.5 Å². The molecule has 27 heavy (non-hydrogen) atoms. The number of anilines is 1. The average Bonchev–Trinajstić information content (AvgIpc) is 3.15. The van der Waals surface area contributed by atoms with Crippen LogP contribution in [0, 0.1) is 13.8 Å². The van der Waals surface area contributed by atoms with Gasteiger partial charge in [0.05, 0.1) is 22.6 Å². The first-order valence-electron chi connectivity index (χ1n) is 9.52. The first kappa shape index (κ1) is 16.2. The van der Waals surface area contributed by atoms with Crippen molar-refractivity contribution in [3.8, 4) is 0 Å². The van der Waals surface area contributed by atoms with Crippen LogP contribution in [0.1, 0.15) is 34.9 Å². The summed E-state index contributed by atoms with van der Waals surface area (Å²) >= 11 is 0. The third kappa shape index (κ3) is 2.81. The lowest BCUT2D eigenvalue weighted by Crippen LogP contribution is -2.12. The van der Waals surface area contributed by atoms with Gasteiger partial charge in [-0.05, 0) is 44.7 Å². The van der Waals surface area contributed by atoms with Crippen LogP contribution in [-0.2, 0) is 19.3 Å². The zero-order valence-corrected chi connectivity index (χ0v) is 15.7. The van der Waals surface area contributed by atoms with E-state index >= 15 is 0 Å². The van der Waals surface area contributed by atoms with Gasteiger partial charge >= 0.3 is 0 Å². The van der Waals surface area contributed by atoms with Crippen LogP contribution in [-0.4, -0.2) is 31.1 Å². The van der Waals surface area contributed by atoms with E-state index in [4.69, 9.17) is 4.98 Å².